The summed E-state index contributed by atoms with van der Waals surface area (Å²) in [5.74, 6) is 0.395. The molecule has 0 heterocycles. The Labute approximate surface area is 87.0 Å². The summed E-state index contributed by atoms with van der Waals surface area (Å²) in [5, 5.41) is 2.31. The first-order valence-corrected chi connectivity index (χ1v) is 4.30. The maximum absolute atomic E-state index is 10.8. The van der Waals surface area contributed by atoms with E-state index in [1.54, 1.807) is 12.1 Å². The first-order valence-electron chi connectivity index (χ1n) is 4.30. The number of benzene rings is 1. The molecular formula is C10H11NO4. The molecule has 0 radical (unpaired) electrons. The highest BCUT2D eigenvalue weighted by atomic mass is 16.6. The van der Waals surface area contributed by atoms with Gasteiger partial charge in [-0.1, -0.05) is 0 Å². The summed E-state index contributed by atoms with van der Waals surface area (Å²) in [4.78, 5) is 21.4. The molecule has 5 heteroatoms. The number of hydrogen-bond acceptors (Lipinski definition) is 4. The van der Waals surface area contributed by atoms with Crippen molar-refractivity contribution in [2.24, 2.45) is 0 Å². The third-order valence-corrected chi connectivity index (χ3v) is 1.50. The van der Waals surface area contributed by atoms with E-state index in [0.29, 0.717) is 11.5 Å². The standard InChI is InChI=1S/C10H11NO4/c1-7(12)14-8-3-5-9(6-4-8)15-10(13)11-2/h3-6H,1-2H3,(H,11,13). The highest BCUT2D eigenvalue weighted by Gasteiger charge is 2.02. The van der Waals surface area contributed by atoms with Crippen molar-refractivity contribution < 1.29 is 19.1 Å². The molecule has 0 bridgehead atoms. The minimum absolute atomic E-state index is 0.380. The summed E-state index contributed by atoms with van der Waals surface area (Å²) in [7, 11) is 1.47. The average molecular weight is 209 g/mol. The van der Waals surface area contributed by atoms with E-state index in [2.05, 4.69) is 5.32 Å². The molecule has 1 rings (SSSR count). The molecule has 0 saturated heterocycles. The van der Waals surface area contributed by atoms with Gasteiger partial charge in [0.1, 0.15) is 11.5 Å². The highest BCUT2D eigenvalue weighted by Crippen LogP contribution is 2.17. The fraction of sp³-hybridized carbons (Fsp3) is 0.200. The average Bonchev–Trinajstić information content (AvgIpc) is 2.20. The Hall–Kier alpha value is -2.04. The predicted molar refractivity (Wildman–Crippen MR) is 52.8 cm³/mol. The second-order valence-electron chi connectivity index (χ2n) is 2.70. The quantitative estimate of drug-likeness (QED) is 0.589. The van der Waals surface area contributed by atoms with Crippen LogP contribution in [0.25, 0.3) is 0 Å². The van der Waals surface area contributed by atoms with Gasteiger partial charge in [0.05, 0.1) is 0 Å². The van der Waals surface area contributed by atoms with Crippen molar-refractivity contribution in [2.45, 2.75) is 6.92 Å². The molecule has 1 aromatic rings. The second kappa shape index (κ2) is 4.99. The molecule has 0 fully saturated rings. The van der Waals surface area contributed by atoms with Gasteiger partial charge in [-0.3, -0.25) is 4.79 Å². The SMILES string of the molecule is CNC(=O)Oc1ccc(OC(C)=O)cc1. The summed E-state index contributed by atoms with van der Waals surface area (Å²) < 4.78 is 9.64. The third kappa shape index (κ3) is 3.68. The lowest BCUT2D eigenvalue weighted by atomic mass is 10.3. The number of carbonyl (C=O) groups excluding carboxylic acids is 2. The smallest absolute Gasteiger partial charge is 0.412 e. The molecule has 1 aromatic carbocycles. The summed E-state index contributed by atoms with van der Waals surface area (Å²) in [6.07, 6.45) is -0.546. The van der Waals surface area contributed by atoms with Crippen LogP contribution in [-0.2, 0) is 4.79 Å². The van der Waals surface area contributed by atoms with E-state index in [0.717, 1.165) is 0 Å². The molecule has 15 heavy (non-hydrogen) atoms. The minimum atomic E-state index is -0.546. The zero-order chi connectivity index (χ0) is 11.3. The van der Waals surface area contributed by atoms with Gasteiger partial charge in [0.15, 0.2) is 0 Å². The third-order valence-electron chi connectivity index (χ3n) is 1.50. The Morgan fingerprint density at radius 2 is 1.53 bits per heavy atom. The van der Waals surface area contributed by atoms with Gasteiger partial charge in [0, 0.05) is 14.0 Å². The van der Waals surface area contributed by atoms with E-state index >= 15 is 0 Å². The zero-order valence-electron chi connectivity index (χ0n) is 8.44. The van der Waals surface area contributed by atoms with Crippen molar-refractivity contribution in [2.75, 3.05) is 7.05 Å². The molecule has 0 atom stereocenters. The van der Waals surface area contributed by atoms with Crippen molar-refractivity contribution >= 4 is 12.1 Å². The molecule has 1 amide bonds. The van der Waals surface area contributed by atoms with Gasteiger partial charge >= 0.3 is 12.1 Å². The number of carbonyl (C=O) groups is 2. The van der Waals surface area contributed by atoms with Gasteiger partial charge in [-0.25, -0.2) is 4.79 Å². The van der Waals surface area contributed by atoms with Gasteiger partial charge in [0.25, 0.3) is 0 Å². The number of hydrogen-bond donors (Lipinski definition) is 1. The normalized spacial score (nSPS) is 9.20. The summed E-state index contributed by atoms with van der Waals surface area (Å²) in [5.41, 5.74) is 0. The van der Waals surface area contributed by atoms with Crippen LogP contribution in [0.15, 0.2) is 24.3 Å². The highest BCUT2D eigenvalue weighted by molar-refractivity contribution is 5.70. The van der Waals surface area contributed by atoms with Crippen LogP contribution in [0, 0.1) is 0 Å². The Morgan fingerprint density at radius 1 is 1.07 bits per heavy atom. The van der Waals surface area contributed by atoms with Gasteiger partial charge in [0.2, 0.25) is 0 Å². The molecular weight excluding hydrogens is 198 g/mol. The van der Waals surface area contributed by atoms with E-state index in [1.807, 2.05) is 0 Å². The topological polar surface area (TPSA) is 64.6 Å². The fourth-order valence-corrected chi connectivity index (χ4v) is 0.900. The Morgan fingerprint density at radius 3 is 1.93 bits per heavy atom. The Bertz CT molecular complexity index is 358. The molecule has 0 aromatic heterocycles. The van der Waals surface area contributed by atoms with Crippen LogP contribution in [0.4, 0.5) is 4.79 Å². The van der Waals surface area contributed by atoms with E-state index in [-0.39, 0.29) is 0 Å². The van der Waals surface area contributed by atoms with E-state index in [1.165, 1.54) is 26.1 Å². The van der Waals surface area contributed by atoms with Crippen LogP contribution >= 0.6 is 0 Å². The zero-order valence-corrected chi connectivity index (χ0v) is 8.44. The number of nitrogens with one attached hydrogen (secondary N) is 1. The van der Waals surface area contributed by atoms with Crippen molar-refractivity contribution in [1.82, 2.24) is 5.32 Å². The maximum atomic E-state index is 10.8. The van der Waals surface area contributed by atoms with Crippen LogP contribution in [0.5, 0.6) is 11.5 Å². The van der Waals surface area contributed by atoms with Crippen molar-refractivity contribution in [1.29, 1.82) is 0 Å². The van der Waals surface area contributed by atoms with E-state index in [9.17, 15) is 9.59 Å². The molecule has 80 valence electrons. The Kier molecular flexibility index (Phi) is 3.68. The fourth-order valence-electron chi connectivity index (χ4n) is 0.900. The lowest BCUT2D eigenvalue weighted by molar-refractivity contribution is -0.131. The second-order valence-corrected chi connectivity index (χ2v) is 2.70. The van der Waals surface area contributed by atoms with E-state index in [4.69, 9.17) is 9.47 Å². The van der Waals surface area contributed by atoms with Crippen molar-refractivity contribution in [3.63, 3.8) is 0 Å². The number of rotatable bonds is 2. The predicted octanol–water partition coefficient (Wildman–Crippen LogP) is 1.33. The maximum Gasteiger partial charge on any atom is 0.412 e. The molecule has 0 spiro atoms. The molecule has 0 unspecified atom stereocenters. The molecule has 0 aliphatic carbocycles. The van der Waals surface area contributed by atoms with Crippen LogP contribution in [0.1, 0.15) is 6.92 Å². The lowest BCUT2D eigenvalue weighted by Crippen LogP contribution is -2.21. The molecule has 0 saturated carbocycles. The van der Waals surface area contributed by atoms with Gasteiger partial charge < -0.3 is 14.8 Å². The van der Waals surface area contributed by atoms with Crippen LogP contribution in [-0.4, -0.2) is 19.1 Å². The van der Waals surface area contributed by atoms with Crippen LogP contribution < -0.4 is 14.8 Å². The molecule has 5 nitrogen and oxygen atoms in total. The summed E-state index contributed by atoms with van der Waals surface area (Å²) in [6.45, 7) is 1.31. The monoisotopic (exact) mass is 209 g/mol. The minimum Gasteiger partial charge on any atom is -0.427 e. The van der Waals surface area contributed by atoms with Crippen LogP contribution in [0.2, 0.25) is 0 Å². The summed E-state index contributed by atoms with van der Waals surface area (Å²) >= 11 is 0. The molecule has 0 aliphatic heterocycles. The number of esters is 1. The number of ether oxygens (including phenoxy) is 2. The van der Waals surface area contributed by atoms with Crippen molar-refractivity contribution in [3.8, 4) is 11.5 Å². The largest absolute Gasteiger partial charge is 0.427 e. The summed E-state index contributed by atoms with van der Waals surface area (Å²) in [6, 6.07) is 6.15. The lowest BCUT2D eigenvalue weighted by Gasteiger charge is -2.04. The van der Waals surface area contributed by atoms with Gasteiger partial charge in [-0.05, 0) is 24.3 Å². The first kappa shape index (κ1) is 11.0. The number of amides is 1. The molecule has 1 N–H and O–H groups in total. The van der Waals surface area contributed by atoms with Crippen molar-refractivity contribution in [3.05, 3.63) is 24.3 Å². The Balaban J connectivity index is 2.64. The van der Waals surface area contributed by atoms with Gasteiger partial charge in [-0.15, -0.1) is 0 Å². The van der Waals surface area contributed by atoms with Crippen LogP contribution in [0.3, 0.4) is 0 Å². The first-order chi connectivity index (χ1) is 7.11. The van der Waals surface area contributed by atoms with Gasteiger partial charge in [-0.2, -0.15) is 0 Å². The molecule has 0 aliphatic rings. The van der Waals surface area contributed by atoms with E-state index < -0.39 is 12.1 Å².